The number of benzene rings is 1. The normalized spacial score (nSPS) is 10.4. The fourth-order valence-electron chi connectivity index (χ4n) is 1.45. The fraction of sp³-hybridized carbons (Fsp3) is 0.167. The molecule has 1 aromatic heterocycles. The lowest BCUT2D eigenvalue weighted by Crippen LogP contribution is -2.13. The van der Waals surface area contributed by atoms with Gasteiger partial charge in [-0.25, -0.2) is 4.39 Å². The number of amides is 1. The van der Waals surface area contributed by atoms with Gasteiger partial charge < -0.3 is 20.3 Å². The van der Waals surface area contributed by atoms with Crippen molar-refractivity contribution < 1.29 is 18.4 Å². The molecular weight excluding hydrogens is 253 g/mol. The van der Waals surface area contributed by atoms with Crippen LogP contribution >= 0.6 is 0 Å². The Morgan fingerprint density at radius 2 is 2.32 bits per heavy atom. The Hall–Kier alpha value is -2.41. The van der Waals surface area contributed by atoms with Gasteiger partial charge in [0.25, 0.3) is 5.91 Å². The summed E-state index contributed by atoms with van der Waals surface area (Å²) in [4.78, 5) is 11.8. The van der Waals surface area contributed by atoms with Crippen LogP contribution < -0.4 is 11.1 Å². The summed E-state index contributed by atoms with van der Waals surface area (Å²) >= 11 is 0. The molecule has 2 rings (SSSR count). The zero-order valence-electron chi connectivity index (χ0n) is 10.1. The summed E-state index contributed by atoms with van der Waals surface area (Å²) in [6.45, 7) is 0.211. The molecule has 1 amide bonds. The van der Waals surface area contributed by atoms with Crippen LogP contribution in [0.25, 0.3) is 0 Å². The van der Waals surface area contributed by atoms with E-state index >= 15 is 0 Å². The van der Waals surface area contributed by atoms with E-state index < -0.39 is 11.7 Å². The lowest BCUT2D eigenvalue weighted by atomic mass is 10.2. The summed E-state index contributed by atoms with van der Waals surface area (Å²) in [5, 5.41) is 6.04. The molecule has 19 heavy (non-hydrogen) atoms. The number of halogens is 1. The number of carbonyl (C=O) groups excluding carboxylic acids is 1. The van der Waals surface area contributed by atoms with Gasteiger partial charge in [0.2, 0.25) is 0 Å². The highest BCUT2D eigenvalue weighted by Gasteiger charge is 2.14. The van der Waals surface area contributed by atoms with Crippen molar-refractivity contribution in [3.05, 3.63) is 41.5 Å². The van der Waals surface area contributed by atoms with E-state index in [-0.39, 0.29) is 23.7 Å². The molecular formula is C12H12FN3O3. The Morgan fingerprint density at radius 1 is 1.53 bits per heavy atom. The maximum atomic E-state index is 13.0. The number of aromatic nitrogens is 1. The molecule has 0 saturated carbocycles. The number of nitrogen functional groups attached to an aromatic ring is 1. The van der Waals surface area contributed by atoms with Gasteiger partial charge in [-0.3, -0.25) is 4.79 Å². The van der Waals surface area contributed by atoms with Gasteiger partial charge in [-0.1, -0.05) is 5.16 Å². The van der Waals surface area contributed by atoms with Crippen LogP contribution in [0.4, 0.5) is 15.8 Å². The van der Waals surface area contributed by atoms with Crippen molar-refractivity contribution in [3.8, 4) is 0 Å². The Morgan fingerprint density at radius 3 is 3.05 bits per heavy atom. The van der Waals surface area contributed by atoms with Gasteiger partial charge >= 0.3 is 0 Å². The van der Waals surface area contributed by atoms with Crippen LogP contribution in [-0.2, 0) is 11.3 Å². The largest absolute Gasteiger partial charge is 0.397 e. The second-order valence-corrected chi connectivity index (χ2v) is 3.80. The van der Waals surface area contributed by atoms with Gasteiger partial charge in [0.05, 0.1) is 11.4 Å². The standard InChI is InChI=1S/C12H12FN3O3/c1-18-6-8-5-11(16-19-8)12(17)15-10-4-7(13)2-3-9(10)14/h2-5H,6,14H2,1H3,(H,15,17). The Balaban J connectivity index is 2.13. The number of nitrogens with zero attached hydrogens (tertiary/aromatic N) is 1. The van der Waals surface area contributed by atoms with Gasteiger partial charge in [-0.2, -0.15) is 0 Å². The van der Waals surface area contributed by atoms with E-state index in [9.17, 15) is 9.18 Å². The average molecular weight is 265 g/mol. The summed E-state index contributed by atoms with van der Waals surface area (Å²) in [6.07, 6.45) is 0. The van der Waals surface area contributed by atoms with E-state index in [1.807, 2.05) is 0 Å². The topological polar surface area (TPSA) is 90.4 Å². The Kier molecular flexibility index (Phi) is 3.76. The molecule has 1 heterocycles. The highest BCUT2D eigenvalue weighted by Crippen LogP contribution is 2.20. The molecule has 0 aliphatic rings. The number of anilines is 2. The number of carbonyl (C=O) groups is 1. The molecule has 0 saturated heterocycles. The second kappa shape index (κ2) is 5.49. The van der Waals surface area contributed by atoms with Crippen LogP contribution in [0.5, 0.6) is 0 Å². The van der Waals surface area contributed by atoms with Crippen molar-refractivity contribution in [2.24, 2.45) is 0 Å². The molecule has 6 nitrogen and oxygen atoms in total. The van der Waals surface area contributed by atoms with Crippen molar-refractivity contribution in [2.45, 2.75) is 6.61 Å². The third-order valence-electron chi connectivity index (χ3n) is 2.34. The number of methoxy groups -OCH3 is 1. The Labute approximate surface area is 108 Å². The molecule has 1 aromatic carbocycles. The molecule has 100 valence electrons. The molecule has 0 atom stereocenters. The van der Waals surface area contributed by atoms with E-state index in [0.29, 0.717) is 5.76 Å². The van der Waals surface area contributed by atoms with Crippen molar-refractivity contribution in [3.63, 3.8) is 0 Å². The first-order valence-electron chi connectivity index (χ1n) is 5.41. The van der Waals surface area contributed by atoms with Crippen LogP contribution in [0.3, 0.4) is 0 Å². The van der Waals surface area contributed by atoms with Crippen LogP contribution in [0.2, 0.25) is 0 Å². The predicted molar refractivity (Wildman–Crippen MR) is 66.0 cm³/mol. The second-order valence-electron chi connectivity index (χ2n) is 3.80. The minimum atomic E-state index is -0.539. The summed E-state index contributed by atoms with van der Waals surface area (Å²) in [7, 11) is 1.50. The lowest BCUT2D eigenvalue weighted by Gasteiger charge is -2.06. The third kappa shape index (κ3) is 3.08. The molecule has 0 bridgehead atoms. The quantitative estimate of drug-likeness (QED) is 0.822. The molecule has 0 aliphatic heterocycles. The monoisotopic (exact) mass is 265 g/mol. The maximum Gasteiger partial charge on any atom is 0.277 e. The van der Waals surface area contributed by atoms with Gasteiger partial charge in [0.1, 0.15) is 12.4 Å². The minimum Gasteiger partial charge on any atom is -0.397 e. The van der Waals surface area contributed by atoms with Crippen molar-refractivity contribution >= 4 is 17.3 Å². The average Bonchev–Trinajstić information content (AvgIpc) is 2.83. The van der Waals surface area contributed by atoms with E-state index in [1.165, 1.54) is 25.3 Å². The van der Waals surface area contributed by atoms with E-state index in [4.69, 9.17) is 15.0 Å². The van der Waals surface area contributed by atoms with Gasteiger partial charge in [-0.05, 0) is 18.2 Å². The smallest absolute Gasteiger partial charge is 0.277 e. The first kappa shape index (κ1) is 13.0. The van der Waals surface area contributed by atoms with Crippen molar-refractivity contribution in [2.75, 3.05) is 18.2 Å². The molecule has 3 N–H and O–H groups in total. The predicted octanol–water partition coefficient (Wildman–Crippen LogP) is 1.79. The van der Waals surface area contributed by atoms with Crippen LogP contribution in [-0.4, -0.2) is 18.2 Å². The maximum absolute atomic E-state index is 13.0. The zero-order valence-corrected chi connectivity index (χ0v) is 10.1. The third-order valence-corrected chi connectivity index (χ3v) is 2.34. The van der Waals surface area contributed by atoms with Gasteiger partial charge in [0, 0.05) is 13.2 Å². The first-order chi connectivity index (χ1) is 9.10. The highest BCUT2D eigenvalue weighted by atomic mass is 19.1. The van der Waals surface area contributed by atoms with E-state index in [1.54, 1.807) is 0 Å². The molecule has 0 radical (unpaired) electrons. The molecule has 0 aliphatic carbocycles. The number of rotatable bonds is 4. The molecule has 0 spiro atoms. The van der Waals surface area contributed by atoms with Gasteiger partial charge in [0.15, 0.2) is 11.5 Å². The summed E-state index contributed by atoms with van der Waals surface area (Å²) < 4.78 is 22.8. The highest BCUT2D eigenvalue weighted by molar-refractivity contribution is 6.04. The van der Waals surface area contributed by atoms with Crippen molar-refractivity contribution in [1.29, 1.82) is 0 Å². The minimum absolute atomic E-state index is 0.0655. The fourth-order valence-corrected chi connectivity index (χ4v) is 1.45. The molecule has 7 heteroatoms. The van der Waals surface area contributed by atoms with E-state index in [0.717, 1.165) is 6.07 Å². The SMILES string of the molecule is COCc1cc(C(=O)Nc2cc(F)ccc2N)no1. The number of hydrogen-bond acceptors (Lipinski definition) is 5. The lowest BCUT2D eigenvalue weighted by molar-refractivity contribution is 0.101. The van der Waals surface area contributed by atoms with Crippen LogP contribution in [0, 0.1) is 5.82 Å². The van der Waals surface area contributed by atoms with Crippen LogP contribution in [0.15, 0.2) is 28.8 Å². The van der Waals surface area contributed by atoms with E-state index in [2.05, 4.69) is 10.5 Å². The molecule has 0 unspecified atom stereocenters. The number of nitrogens with two attached hydrogens (primary N) is 1. The summed E-state index contributed by atoms with van der Waals surface area (Å²) in [6, 6.07) is 5.14. The van der Waals surface area contributed by atoms with Crippen molar-refractivity contribution in [1.82, 2.24) is 5.16 Å². The number of ether oxygens (including phenoxy) is 1. The first-order valence-corrected chi connectivity index (χ1v) is 5.41. The van der Waals surface area contributed by atoms with Gasteiger partial charge in [-0.15, -0.1) is 0 Å². The number of hydrogen-bond donors (Lipinski definition) is 2. The molecule has 0 fully saturated rings. The zero-order chi connectivity index (χ0) is 13.8. The van der Waals surface area contributed by atoms with Crippen LogP contribution in [0.1, 0.15) is 16.2 Å². The molecule has 2 aromatic rings. The number of nitrogens with one attached hydrogen (secondary N) is 1. The summed E-state index contributed by atoms with van der Waals surface area (Å²) in [5.41, 5.74) is 6.13. The summed E-state index contributed by atoms with van der Waals surface area (Å²) in [5.74, 6) is -0.618. The Bertz CT molecular complexity index is 598.